The third kappa shape index (κ3) is 6.53. The molecule has 2 aromatic carbocycles. The Morgan fingerprint density at radius 2 is 1.40 bits per heavy atom. The number of nitrogens with zero attached hydrogens (tertiary/aromatic N) is 4. The predicted octanol–water partition coefficient (Wildman–Crippen LogP) is 4.04. The third-order valence-electron chi connectivity index (χ3n) is 6.72. The molecule has 0 spiro atoms. The molecular formula is C35H26N4O8. The standard InChI is InChI=1S/C35H26N4O8/c1-3-46-34(44)28-24(30(40)38(32(42)26(28)20-36)22-14-8-5-9-15-22)18-12-7-13-19-25-29(35(45)47-4-2)27(21-37)33(43)39(31(25)41)23-16-10-6-11-17-23/h5-19,40H,3-4H2,1-2H3/b13-7+,18-12+,25-19-. The number of allylic oxidation sites excluding steroid dienone is 4. The first-order valence-electron chi connectivity index (χ1n) is 14.2. The van der Waals surface area contributed by atoms with Crippen molar-refractivity contribution in [3.8, 4) is 23.7 Å². The second kappa shape index (κ2) is 14.8. The van der Waals surface area contributed by atoms with Crippen LogP contribution in [0.4, 0.5) is 5.69 Å². The van der Waals surface area contributed by atoms with Crippen LogP contribution in [-0.4, -0.2) is 46.6 Å². The van der Waals surface area contributed by atoms with E-state index in [1.807, 2.05) is 0 Å². The average Bonchev–Trinajstić information content (AvgIpc) is 3.07. The number of para-hydroxylation sites is 2. The summed E-state index contributed by atoms with van der Waals surface area (Å²) >= 11 is 0. The maximum Gasteiger partial charge on any atom is 0.340 e. The van der Waals surface area contributed by atoms with Gasteiger partial charge in [0.1, 0.15) is 23.3 Å². The van der Waals surface area contributed by atoms with Crippen molar-refractivity contribution < 1.29 is 33.8 Å². The highest BCUT2D eigenvalue weighted by Gasteiger charge is 2.41. The number of amides is 2. The van der Waals surface area contributed by atoms with Crippen LogP contribution < -0.4 is 10.5 Å². The smallest absolute Gasteiger partial charge is 0.340 e. The molecule has 1 aromatic heterocycles. The largest absolute Gasteiger partial charge is 0.494 e. The number of aromatic nitrogens is 1. The zero-order valence-electron chi connectivity index (χ0n) is 25.2. The fraction of sp³-hybridized carbons (Fsp3) is 0.114. The zero-order chi connectivity index (χ0) is 34.1. The van der Waals surface area contributed by atoms with Gasteiger partial charge in [-0.05, 0) is 50.3 Å². The molecule has 2 heterocycles. The van der Waals surface area contributed by atoms with Gasteiger partial charge in [-0.2, -0.15) is 10.5 Å². The zero-order valence-corrected chi connectivity index (χ0v) is 25.2. The summed E-state index contributed by atoms with van der Waals surface area (Å²) in [5.74, 6) is -4.56. The lowest BCUT2D eigenvalue weighted by Crippen LogP contribution is -2.44. The van der Waals surface area contributed by atoms with Crippen molar-refractivity contribution in [2.45, 2.75) is 13.8 Å². The lowest BCUT2D eigenvalue weighted by molar-refractivity contribution is -0.139. The highest BCUT2D eigenvalue weighted by molar-refractivity contribution is 6.35. The molecule has 0 aliphatic carbocycles. The van der Waals surface area contributed by atoms with Crippen LogP contribution in [0.25, 0.3) is 11.8 Å². The van der Waals surface area contributed by atoms with E-state index >= 15 is 0 Å². The van der Waals surface area contributed by atoms with Crippen molar-refractivity contribution in [1.29, 1.82) is 10.5 Å². The van der Waals surface area contributed by atoms with Gasteiger partial charge >= 0.3 is 11.9 Å². The van der Waals surface area contributed by atoms with E-state index in [1.54, 1.807) is 48.5 Å². The first-order valence-corrected chi connectivity index (χ1v) is 14.2. The van der Waals surface area contributed by atoms with Crippen LogP contribution in [0.5, 0.6) is 5.88 Å². The van der Waals surface area contributed by atoms with Crippen molar-refractivity contribution in [3.63, 3.8) is 0 Å². The normalized spacial score (nSPS) is 14.0. The Bertz CT molecular complexity index is 2030. The first-order chi connectivity index (χ1) is 22.7. The van der Waals surface area contributed by atoms with E-state index < -0.39 is 57.5 Å². The van der Waals surface area contributed by atoms with E-state index in [2.05, 4.69) is 0 Å². The number of aromatic hydroxyl groups is 1. The number of ether oxygens (including phenoxy) is 2. The van der Waals surface area contributed by atoms with Crippen LogP contribution in [0.15, 0.2) is 106 Å². The van der Waals surface area contributed by atoms with Gasteiger partial charge in [0.15, 0.2) is 0 Å². The number of hydrogen-bond acceptors (Lipinski definition) is 10. The van der Waals surface area contributed by atoms with Gasteiger partial charge in [-0.15, -0.1) is 0 Å². The number of hydrogen-bond donors (Lipinski definition) is 1. The van der Waals surface area contributed by atoms with Crippen molar-refractivity contribution in [1.82, 2.24) is 4.57 Å². The molecule has 1 N–H and O–H groups in total. The second-order valence-electron chi connectivity index (χ2n) is 9.48. The molecule has 0 saturated carbocycles. The molecule has 234 valence electrons. The number of rotatable bonds is 9. The summed E-state index contributed by atoms with van der Waals surface area (Å²) in [4.78, 5) is 66.5. The Hall–Kier alpha value is -6.79. The van der Waals surface area contributed by atoms with Gasteiger partial charge in [0.25, 0.3) is 17.4 Å². The minimum absolute atomic E-state index is 0.0691. The van der Waals surface area contributed by atoms with Crippen LogP contribution in [0.2, 0.25) is 0 Å². The maximum atomic E-state index is 13.6. The lowest BCUT2D eigenvalue weighted by Gasteiger charge is -2.27. The molecule has 3 aromatic rings. The van der Waals surface area contributed by atoms with Crippen molar-refractivity contribution >= 4 is 35.5 Å². The first kappa shape index (κ1) is 33.1. The molecule has 47 heavy (non-hydrogen) atoms. The third-order valence-corrected chi connectivity index (χ3v) is 6.72. The minimum atomic E-state index is -1.04. The molecule has 1 aliphatic rings. The number of esters is 2. The van der Waals surface area contributed by atoms with Crippen LogP contribution in [0, 0.1) is 22.7 Å². The van der Waals surface area contributed by atoms with Gasteiger partial charge in [-0.25, -0.2) is 19.1 Å². The maximum absolute atomic E-state index is 13.6. The summed E-state index contributed by atoms with van der Waals surface area (Å²) in [5.41, 5.74) is -3.11. The van der Waals surface area contributed by atoms with Crippen LogP contribution >= 0.6 is 0 Å². The molecule has 4 rings (SSSR count). The van der Waals surface area contributed by atoms with Crippen molar-refractivity contribution in [3.05, 3.63) is 129 Å². The molecule has 0 saturated heterocycles. The molecule has 0 radical (unpaired) electrons. The van der Waals surface area contributed by atoms with Gasteiger partial charge in [-0.3, -0.25) is 14.4 Å². The number of carbonyl (C=O) groups excluding carboxylic acids is 4. The summed E-state index contributed by atoms with van der Waals surface area (Å²) in [7, 11) is 0. The molecule has 1 aliphatic heterocycles. The monoisotopic (exact) mass is 630 g/mol. The molecular weight excluding hydrogens is 604 g/mol. The number of nitriles is 2. The van der Waals surface area contributed by atoms with E-state index in [1.165, 1.54) is 68.5 Å². The van der Waals surface area contributed by atoms with Gasteiger partial charge in [-0.1, -0.05) is 54.6 Å². The summed E-state index contributed by atoms with van der Waals surface area (Å²) in [6.07, 6.45) is 6.47. The highest BCUT2D eigenvalue weighted by atomic mass is 16.5. The van der Waals surface area contributed by atoms with Crippen LogP contribution in [0.1, 0.15) is 35.3 Å². The number of carbonyl (C=O) groups is 4. The quantitative estimate of drug-likeness (QED) is 0.157. The van der Waals surface area contributed by atoms with E-state index in [9.17, 15) is 39.6 Å². The Morgan fingerprint density at radius 1 is 0.809 bits per heavy atom. The SMILES string of the molecule is CCOC(=O)C1=C(C#N)C(=O)N(c2ccccc2)C(=O)\C1=C/C=C/C=C/c1c(C(=O)OCC)c(C#N)c(=O)n(-c2ccccc2)c1O. The van der Waals surface area contributed by atoms with Gasteiger partial charge < -0.3 is 14.6 Å². The van der Waals surface area contributed by atoms with E-state index in [0.29, 0.717) is 0 Å². The molecule has 2 amide bonds. The Labute approximate surface area is 268 Å². The molecule has 0 bridgehead atoms. The van der Waals surface area contributed by atoms with Gasteiger partial charge in [0.2, 0.25) is 5.88 Å². The van der Waals surface area contributed by atoms with Crippen molar-refractivity contribution in [2.75, 3.05) is 18.1 Å². The van der Waals surface area contributed by atoms with Gasteiger partial charge in [0, 0.05) is 0 Å². The van der Waals surface area contributed by atoms with E-state index in [4.69, 9.17) is 9.47 Å². The average molecular weight is 631 g/mol. The lowest BCUT2D eigenvalue weighted by atomic mass is 9.93. The summed E-state index contributed by atoms with van der Waals surface area (Å²) in [6, 6.07) is 19.3. The van der Waals surface area contributed by atoms with Crippen LogP contribution in [-0.2, 0) is 23.9 Å². The topological polar surface area (TPSA) is 180 Å². The minimum Gasteiger partial charge on any atom is -0.494 e. The van der Waals surface area contributed by atoms with Gasteiger partial charge in [0.05, 0.1) is 46.9 Å². The fourth-order valence-electron chi connectivity index (χ4n) is 4.70. The number of imide groups is 1. The Morgan fingerprint density at radius 3 is 1.98 bits per heavy atom. The second-order valence-corrected chi connectivity index (χ2v) is 9.48. The number of pyridine rings is 1. The number of benzene rings is 2. The predicted molar refractivity (Wildman–Crippen MR) is 169 cm³/mol. The van der Waals surface area contributed by atoms with E-state index in [-0.39, 0.29) is 35.7 Å². The highest BCUT2D eigenvalue weighted by Crippen LogP contribution is 2.31. The molecule has 0 unspecified atom stereocenters. The molecule has 0 atom stereocenters. The summed E-state index contributed by atoms with van der Waals surface area (Å²) in [5, 5.41) is 30.8. The summed E-state index contributed by atoms with van der Waals surface area (Å²) in [6.45, 7) is 2.91. The molecule has 12 nitrogen and oxygen atoms in total. The van der Waals surface area contributed by atoms with Crippen LogP contribution in [0.3, 0.4) is 0 Å². The molecule has 0 fully saturated rings. The fourth-order valence-corrected chi connectivity index (χ4v) is 4.70. The Balaban J connectivity index is 1.85. The van der Waals surface area contributed by atoms with E-state index in [0.717, 1.165) is 9.47 Å². The summed E-state index contributed by atoms with van der Waals surface area (Å²) < 4.78 is 11.0. The van der Waals surface area contributed by atoms with Crippen molar-refractivity contribution in [2.24, 2.45) is 0 Å². The Kier molecular flexibility index (Phi) is 10.4. The number of anilines is 1. The molecule has 12 heteroatoms.